The largest absolute Gasteiger partial charge is 1.00 e. The summed E-state index contributed by atoms with van der Waals surface area (Å²) in [5, 5.41) is 0.195. The van der Waals surface area contributed by atoms with Gasteiger partial charge in [-0.15, -0.1) is 5.01 Å². The molecule has 0 aliphatic carbocycles. The molecule has 0 bridgehead atoms. The van der Waals surface area contributed by atoms with Crippen LogP contribution in [-0.4, -0.2) is 21.9 Å². The maximum absolute atomic E-state index is 13.0. The van der Waals surface area contributed by atoms with E-state index in [1.165, 1.54) is 0 Å². The molecule has 6 heteroatoms. The fourth-order valence-corrected chi connectivity index (χ4v) is 2.92. The van der Waals surface area contributed by atoms with Crippen LogP contribution < -0.4 is 17.4 Å². The van der Waals surface area contributed by atoms with Crippen molar-refractivity contribution >= 4 is 23.6 Å². The third-order valence-corrected chi connectivity index (χ3v) is 4.33. The van der Waals surface area contributed by atoms with Crippen molar-refractivity contribution in [3.05, 3.63) is 71.3 Å². The molecule has 2 aromatic rings. The molecule has 0 spiro atoms. The number of benzene rings is 2. The molecule has 2 amide bonds. The number of halogens is 2. The van der Waals surface area contributed by atoms with Crippen molar-refractivity contribution in [2.75, 3.05) is 0 Å². The zero-order valence-corrected chi connectivity index (χ0v) is 17.9. The number of quaternary nitrogens is 1. The maximum atomic E-state index is 13.0. The summed E-state index contributed by atoms with van der Waals surface area (Å²) in [6.07, 6.45) is 0.888. The van der Waals surface area contributed by atoms with Crippen LogP contribution in [-0.2, 0) is 11.2 Å². The molecule has 148 valence electrons. The third-order valence-electron chi connectivity index (χ3n) is 4.01. The van der Waals surface area contributed by atoms with Gasteiger partial charge >= 0.3 is 11.8 Å². The number of hydrogen-bond donors (Lipinski definition) is 1. The quantitative estimate of drug-likeness (QED) is 0.424. The molecular formula is C22H24Cl2N2O2. The van der Waals surface area contributed by atoms with E-state index in [9.17, 15) is 9.59 Å². The Bertz CT molecular complexity index is 863. The molecule has 0 saturated carbocycles. The van der Waals surface area contributed by atoms with Gasteiger partial charge in [-0.3, -0.25) is 4.79 Å². The predicted molar refractivity (Wildman–Crippen MR) is 107 cm³/mol. The van der Waals surface area contributed by atoms with E-state index in [4.69, 9.17) is 11.8 Å². The Morgan fingerprint density at radius 3 is 2.11 bits per heavy atom. The second kappa shape index (κ2) is 10.3. The minimum Gasteiger partial charge on any atom is -1.00 e. The summed E-state index contributed by atoms with van der Waals surface area (Å²) in [4.78, 5) is 25.5. The molecule has 1 N–H and O–H groups in total. The first kappa shape index (κ1) is 23.7. The van der Waals surface area contributed by atoms with E-state index in [-0.39, 0.29) is 23.3 Å². The zero-order chi connectivity index (χ0) is 20.0. The van der Waals surface area contributed by atoms with Gasteiger partial charge in [-0.05, 0) is 57.0 Å². The minimum absolute atomic E-state index is 0. The first-order chi connectivity index (χ1) is 12.7. The van der Waals surface area contributed by atoms with Crippen LogP contribution in [0.1, 0.15) is 49.2 Å². The van der Waals surface area contributed by atoms with Crippen molar-refractivity contribution in [3.8, 4) is 11.8 Å². The van der Waals surface area contributed by atoms with E-state index < -0.39 is 11.4 Å². The molecule has 2 rings (SSSR count). The highest BCUT2D eigenvalue weighted by Gasteiger charge is 2.41. The molecule has 2 aromatic carbocycles. The second-order valence-electron chi connectivity index (χ2n) is 7.18. The van der Waals surface area contributed by atoms with Gasteiger partial charge in [0.1, 0.15) is 5.54 Å². The van der Waals surface area contributed by atoms with Crippen LogP contribution in [0.25, 0.3) is 0 Å². The van der Waals surface area contributed by atoms with Gasteiger partial charge in [0.2, 0.25) is 0 Å². The molecule has 28 heavy (non-hydrogen) atoms. The Balaban J connectivity index is 0.00000392. The van der Waals surface area contributed by atoms with Crippen molar-refractivity contribution < 1.29 is 27.0 Å². The summed E-state index contributed by atoms with van der Waals surface area (Å²) < 4.78 is 0.853. The van der Waals surface area contributed by atoms with Crippen LogP contribution in [0.4, 0.5) is 0 Å². The van der Waals surface area contributed by atoms with Crippen molar-refractivity contribution in [2.24, 2.45) is 0 Å². The zero-order valence-electron chi connectivity index (χ0n) is 16.4. The lowest BCUT2D eigenvalue weighted by Crippen LogP contribution is -3.25. The van der Waals surface area contributed by atoms with Crippen LogP contribution in [0.3, 0.4) is 0 Å². The number of rotatable bonds is 2. The first-order valence-electron chi connectivity index (χ1n) is 8.82. The maximum Gasteiger partial charge on any atom is 0.370 e. The summed E-state index contributed by atoms with van der Waals surface area (Å²) in [5.41, 5.74) is 1.70. The highest BCUT2D eigenvalue weighted by molar-refractivity contribution is 6.23. The van der Waals surface area contributed by atoms with Crippen LogP contribution in [0.2, 0.25) is 0 Å². The standard InChI is InChI=1S/C22H23ClN2O2.ClH/c1-5-17-11-14-19(15-12-17)21(27)24(22(2,3)4)25(23)20(26)16-13-18-9-7-6-8-10-18;/h6-12,14-15H,5H2,1-4H3;1H. The number of aryl methyl sites for hydroxylation is 1. The molecule has 0 heterocycles. The number of carbonyl (C=O) groups excluding carboxylic acids is 2. The normalized spacial score (nSPS) is 11.5. The van der Waals surface area contributed by atoms with E-state index in [2.05, 4.69) is 11.8 Å². The third kappa shape index (κ3) is 6.10. The highest BCUT2D eigenvalue weighted by Crippen LogP contribution is 2.07. The number of nitrogens with zero attached hydrogens (tertiary/aromatic N) is 1. The molecular weight excluding hydrogens is 395 g/mol. The summed E-state index contributed by atoms with van der Waals surface area (Å²) in [6.45, 7) is 7.57. The molecule has 1 atom stereocenters. The Kier molecular flexibility index (Phi) is 8.71. The van der Waals surface area contributed by atoms with Gasteiger partial charge in [-0.2, -0.15) is 0 Å². The molecule has 0 aliphatic heterocycles. The van der Waals surface area contributed by atoms with Crippen LogP contribution in [0, 0.1) is 11.8 Å². The van der Waals surface area contributed by atoms with E-state index in [0.29, 0.717) is 11.1 Å². The Morgan fingerprint density at radius 1 is 1.04 bits per heavy atom. The summed E-state index contributed by atoms with van der Waals surface area (Å²) in [6, 6.07) is 16.5. The van der Waals surface area contributed by atoms with Crippen molar-refractivity contribution in [1.29, 1.82) is 0 Å². The van der Waals surface area contributed by atoms with E-state index >= 15 is 0 Å². The lowest BCUT2D eigenvalue weighted by Gasteiger charge is -2.32. The lowest BCUT2D eigenvalue weighted by atomic mass is 10.0. The molecule has 0 fully saturated rings. The highest BCUT2D eigenvalue weighted by atomic mass is 35.5. The summed E-state index contributed by atoms with van der Waals surface area (Å²) in [5.74, 6) is 4.37. The molecule has 1 unspecified atom stereocenters. The molecule has 0 aromatic heterocycles. The predicted octanol–water partition coefficient (Wildman–Crippen LogP) is 0.0257. The molecule has 0 radical (unpaired) electrons. The van der Waals surface area contributed by atoms with Gasteiger partial charge in [0.05, 0.1) is 17.3 Å². The smallest absolute Gasteiger partial charge is 0.370 e. The Labute approximate surface area is 178 Å². The van der Waals surface area contributed by atoms with Gasteiger partial charge in [0.25, 0.3) is 0 Å². The molecule has 4 nitrogen and oxygen atoms in total. The lowest BCUT2D eigenvalue weighted by molar-refractivity contribution is -0.951. The van der Waals surface area contributed by atoms with Gasteiger partial charge < -0.3 is 12.4 Å². The van der Waals surface area contributed by atoms with Crippen LogP contribution in [0.5, 0.6) is 0 Å². The molecule has 0 aliphatic rings. The number of carbonyl (C=O) groups is 2. The average Bonchev–Trinajstić information content (AvgIpc) is 2.65. The Hall–Kier alpha value is -2.32. The topological polar surface area (TPSA) is 41.8 Å². The summed E-state index contributed by atoms with van der Waals surface area (Å²) >= 11 is 6.27. The van der Waals surface area contributed by atoms with E-state index in [0.717, 1.165) is 16.5 Å². The van der Waals surface area contributed by atoms with Crippen molar-refractivity contribution in [3.63, 3.8) is 0 Å². The van der Waals surface area contributed by atoms with Crippen molar-refractivity contribution in [2.45, 2.75) is 39.7 Å². The molecule has 0 saturated heterocycles. The van der Waals surface area contributed by atoms with Gasteiger partial charge in [0, 0.05) is 11.5 Å². The van der Waals surface area contributed by atoms with E-state index in [1.54, 1.807) is 24.3 Å². The number of hydrogen-bond acceptors (Lipinski definition) is 2. The van der Waals surface area contributed by atoms with Gasteiger partial charge in [-0.1, -0.05) is 47.7 Å². The average molecular weight is 419 g/mol. The number of nitrogens with one attached hydrogen (secondary N) is 1. The van der Waals surface area contributed by atoms with Crippen LogP contribution in [0.15, 0.2) is 54.6 Å². The Morgan fingerprint density at radius 2 is 1.61 bits per heavy atom. The van der Waals surface area contributed by atoms with Gasteiger partial charge in [0.15, 0.2) is 0 Å². The fourth-order valence-electron chi connectivity index (χ4n) is 2.55. The van der Waals surface area contributed by atoms with Crippen LogP contribution >= 0.6 is 11.8 Å². The van der Waals surface area contributed by atoms with E-state index in [1.807, 2.05) is 58.0 Å². The minimum atomic E-state index is -0.635. The first-order valence-corrected chi connectivity index (χ1v) is 9.16. The second-order valence-corrected chi connectivity index (χ2v) is 7.52. The van der Waals surface area contributed by atoms with Crippen molar-refractivity contribution in [1.82, 2.24) is 4.53 Å². The monoisotopic (exact) mass is 418 g/mol. The summed E-state index contributed by atoms with van der Waals surface area (Å²) in [7, 11) is 0. The number of amides is 2. The fraction of sp³-hybridized carbons (Fsp3) is 0.273. The SMILES string of the molecule is CCc1ccc(C(=O)[NH+](N(Cl)C(=O)C#Cc2ccccc2)C(C)(C)C)cc1.[Cl-]. The van der Waals surface area contributed by atoms with Gasteiger partial charge in [-0.25, -0.2) is 4.79 Å².